The molecule has 0 amide bonds. The molecule has 1 aliphatic carbocycles. The quantitative estimate of drug-likeness (QED) is 0.714. The van der Waals surface area contributed by atoms with E-state index >= 15 is 0 Å². The zero-order chi connectivity index (χ0) is 20.2. The molecule has 8 nitrogen and oxygen atoms in total. The number of nitrogens with one attached hydrogen (secondary N) is 1. The maximum absolute atomic E-state index is 5.93. The van der Waals surface area contributed by atoms with Gasteiger partial charge < -0.3 is 19.6 Å². The van der Waals surface area contributed by atoms with Gasteiger partial charge in [0, 0.05) is 43.3 Å². The molecular formula is C22H23N5O3. The number of hydrogen-bond donors (Lipinski definition) is 1. The summed E-state index contributed by atoms with van der Waals surface area (Å²) in [6.45, 7) is 4.12. The summed E-state index contributed by atoms with van der Waals surface area (Å²) in [5, 5.41) is 13.5. The van der Waals surface area contributed by atoms with Gasteiger partial charge in [0.25, 0.3) is 0 Å². The third-order valence-corrected chi connectivity index (χ3v) is 6.16. The number of fused-ring (bicyclic) bond motifs is 1. The zero-order valence-corrected chi connectivity index (χ0v) is 16.8. The molecule has 0 bridgehead atoms. The van der Waals surface area contributed by atoms with Crippen molar-refractivity contribution in [3.05, 3.63) is 48.3 Å². The molecule has 2 aromatic heterocycles. The fourth-order valence-corrected chi connectivity index (χ4v) is 4.76. The van der Waals surface area contributed by atoms with Gasteiger partial charge >= 0.3 is 0 Å². The van der Waals surface area contributed by atoms with Crippen LogP contribution in [0.2, 0.25) is 0 Å². The standard InChI is InChI=1S/C22H23N5O3/c1-2-27-20-17(12-24-27)19(25-15-6-4-3-5-7-15)16(11-23-20)18-10-21(30-26-18)13-22(14-21)28-8-9-29-22/h3-7,11-12H,2,8-10,13-14H2,1H3,(H,23,25). The predicted octanol–water partition coefficient (Wildman–Crippen LogP) is 3.59. The third-order valence-electron chi connectivity index (χ3n) is 6.16. The van der Waals surface area contributed by atoms with Crippen LogP contribution in [0, 0.1) is 0 Å². The lowest BCUT2D eigenvalue weighted by Crippen LogP contribution is -2.57. The molecular weight excluding hydrogens is 382 g/mol. The third kappa shape index (κ3) is 2.71. The largest absolute Gasteiger partial charge is 0.388 e. The summed E-state index contributed by atoms with van der Waals surface area (Å²) in [6, 6.07) is 10.1. The average Bonchev–Trinajstić information content (AvgIpc) is 3.48. The van der Waals surface area contributed by atoms with Crippen LogP contribution in [0.15, 0.2) is 47.9 Å². The second kappa shape index (κ2) is 6.52. The second-order valence-corrected chi connectivity index (χ2v) is 8.19. The second-order valence-electron chi connectivity index (χ2n) is 8.19. The number of pyridine rings is 1. The Morgan fingerprint density at radius 2 is 1.90 bits per heavy atom. The van der Waals surface area contributed by atoms with E-state index in [-0.39, 0.29) is 5.60 Å². The lowest BCUT2D eigenvalue weighted by molar-refractivity contribution is -0.290. The molecule has 3 aromatic rings. The van der Waals surface area contributed by atoms with Crippen LogP contribution < -0.4 is 5.32 Å². The van der Waals surface area contributed by atoms with Crippen molar-refractivity contribution in [1.29, 1.82) is 0 Å². The van der Waals surface area contributed by atoms with E-state index in [4.69, 9.17) is 19.3 Å². The maximum atomic E-state index is 5.93. The number of nitrogens with zero attached hydrogens (tertiary/aromatic N) is 4. The van der Waals surface area contributed by atoms with E-state index in [9.17, 15) is 0 Å². The summed E-state index contributed by atoms with van der Waals surface area (Å²) in [5.74, 6) is -0.472. The number of ether oxygens (including phenoxy) is 2. The Morgan fingerprint density at radius 1 is 1.10 bits per heavy atom. The first-order valence-electron chi connectivity index (χ1n) is 10.4. The fourth-order valence-electron chi connectivity index (χ4n) is 4.76. The predicted molar refractivity (Wildman–Crippen MR) is 112 cm³/mol. The van der Waals surface area contributed by atoms with E-state index in [1.54, 1.807) is 0 Å². The molecule has 154 valence electrons. The normalized spacial score (nSPS) is 21.0. The SMILES string of the molecule is CCn1ncc2c(Nc3ccccc3)c(C3=NOC4(C3)CC3(C4)OCCO3)cnc21. The molecule has 1 saturated heterocycles. The topological polar surface area (TPSA) is 82.8 Å². The molecule has 2 aliphatic heterocycles. The van der Waals surface area contributed by atoms with Gasteiger partial charge in [-0.2, -0.15) is 5.10 Å². The van der Waals surface area contributed by atoms with Crippen molar-refractivity contribution in [2.45, 2.75) is 44.1 Å². The summed E-state index contributed by atoms with van der Waals surface area (Å²) < 4.78 is 13.5. The molecule has 0 radical (unpaired) electrons. The van der Waals surface area contributed by atoms with Crippen molar-refractivity contribution >= 4 is 28.1 Å². The van der Waals surface area contributed by atoms with Crippen LogP contribution in [-0.2, 0) is 20.9 Å². The molecule has 8 heteroatoms. The highest BCUT2D eigenvalue weighted by molar-refractivity contribution is 6.11. The van der Waals surface area contributed by atoms with Gasteiger partial charge in [0.05, 0.1) is 36.2 Å². The van der Waals surface area contributed by atoms with Crippen LogP contribution in [0.1, 0.15) is 31.7 Å². The van der Waals surface area contributed by atoms with Crippen molar-refractivity contribution in [3.8, 4) is 0 Å². The van der Waals surface area contributed by atoms with Crippen molar-refractivity contribution in [3.63, 3.8) is 0 Å². The van der Waals surface area contributed by atoms with Gasteiger partial charge in [-0.1, -0.05) is 23.4 Å². The minimum Gasteiger partial charge on any atom is -0.388 e. The lowest BCUT2D eigenvalue weighted by Gasteiger charge is -2.48. The van der Waals surface area contributed by atoms with E-state index < -0.39 is 5.79 Å². The van der Waals surface area contributed by atoms with Gasteiger partial charge in [-0.05, 0) is 19.1 Å². The smallest absolute Gasteiger partial charge is 0.176 e. The highest BCUT2D eigenvalue weighted by atomic mass is 16.8. The molecule has 1 saturated carbocycles. The van der Waals surface area contributed by atoms with Crippen LogP contribution in [-0.4, -0.2) is 45.1 Å². The van der Waals surface area contributed by atoms with E-state index in [2.05, 4.69) is 22.5 Å². The Morgan fingerprint density at radius 3 is 2.67 bits per heavy atom. The summed E-state index contributed by atoms with van der Waals surface area (Å²) in [4.78, 5) is 10.6. The number of para-hydroxylation sites is 1. The molecule has 1 aromatic carbocycles. The molecule has 0 unspecified atom stereocenters. The van der Waals surface area contributed by atoms with Crippen LogP contribution >= 0.6 is 0 Å². The number of aromatic nitrogens is 3. The van der Waals surface area contributed by atoms with Gasteiger partial charge in [-0.15, -0.1) is 0 Å². The van der Waals surface area contributed by atoms with E-state index in [0.29, 0.717) is 32.5 Å². The van der Waals surface area contributed by atoms with Crippen LogP contribution in [0.5, 0.6) is 0 Å². The summed E-state index contributed by atoms with van der Waals surface area (Å²) in [6.07, 6.45) is 5.86. The number of rotatable bonds is 4. The molecule has 2 spiro atoms. The molecule has 0 atom stereocenters. The van der Waals surface area contributed by atoms with Crippen molar-refractivity contribution in [1.82, 2.24) is 14.8 Å². The highest BCUT2D eigenvalue weighted by Crippen LogP contribution is 2.53. The van der Waals surface area contributed by atoms with Crippen molar-refractivity contribution in [2.75, 3.05) is 18.5 Å². The van der Waals surface area contributed by atoms with Crippen LogP contribution in [0.25, 0.3) is 11.0 Å². The summed E-state index contributed by atoms with van der Waals surface area (Å²) in [7, 11) is 0. The summed E-state index contributed by atoms with van der Waals surface area (Å²) >= 11 is 0. The first-order valence-corrected chi connectivity index (χ1v) is 10.4. The van der Waals surface area contributed by atoms with E-state index in [1.165, 1.54) is 0 Å². The van der Waals surface area contributed by atoms with E-state index in [0.717, 1.165) is 40.2 Å². The van der Waals surface area contributed by atoms with Gasteiger partial charge in [0.15, 0.2) is 17.0 Å². The molecule has 2 fully saturated rings. The minimum absolute atomic E-state index is 0.341. The molecule has 1 N–H and O–H groups in total. The first-order chi connectivity index (χ1) is 14.7. The first kappa shape index (κ1) is 17.9. The van der Waals surface area contributed by atoms with Gasteiger partial charge in [-0.25, -0.2) is 9.67 Å². The van der Waals surface area contributed by atoms with E-state index in [1.807, 2.05) is 47.4 Å². The molecule has 3 aliphatic rings. The Balaban J connectivity index is 1.36. The average molecular weight is 405 g/mol. The Bertz CT molecular complexity index is 1130. The lowest BCUT2D eigenvalue weighted by atomic mass is 9.71. The van der Waals surface area contributed by atoms with Gasteiger partial charge in [0.2, 0.25) is 0 Å². The highest BCUT2D eigenvalue weighted by Gasteiger charge is 2.63. The number of anilines is 2. The number of hydrogen-bond acceptors (Lipinski definition) is 7. The van der Waals surface area contributed by atoms with Crippen molar-refractivity contribution in [2.24, 2.45) is 5.16 Å². The number of benzene rings is 1. The van der Waals surface area contributed by atoms with Crippen molar-refractivity contribution < 1.29 is 14.3 Å². The molecule has 6 rings (SSSR count). The zero-order valence-electron chi connectivity index (χ0n) is 16.8. The maximum Gasteiger partial charge on any atom is 0.176 e. The number of aryl methyl sites for hydroxylation is 1. The monoisotopic (exact) mass is 405 g/mol. The van der Waals surface area contributed by atoms with Gasteiger partial charge in [-0.3, -0.25) is 0 Å². The van der Waals surface area contributed by atoms with Crippen LogP contribution in [0.3, 0.4) is 0 Å². The minimum atomic E-state index is -0.472. The van der Waals surface area contributed by atoms with Crippen LogP contribution in [0.4, 0.5) is 11.4 Å². The fraction of sp³-hybridized carbons (Fsp3) is 0.409. The Kier molecular flexibility index (Phi) is 3.88. The molecule has 4 heterocycles. The number of oxime groups is 1. The summed E-state index contributed by atoms with van der Waals surface area (Å²) in [5.41, 5.74) is 4.29. The Hall–Kier alpha value is -2.97. The van der Waals surface area contributed by atoms with Gasteiger partial charge in [0.1, 0.15) is 0 Å². The Labute approximate surface area is 173 Å². The molecule has 30 heavy (non-hydrogen) atoms.